The molecule has 0 spiro atoms. The van der Waals surface area contributed by atoms with E-state index in [1.807, 2.05) is 30.3 Å². The second-order valence-corrected chi connectivity index (χ2v) is 5.75. The van der Waals surface area contributed by atoms with E-state index < -0.39 is 0 Å². The van der Waals surface area contributed by atoms with E-state index in [1.54, 1.807) is 33.1 Å². The molecule has 3 rings (SSSR count). The number of halogens is 1. The zero-order valence-electron chi connectivity index (χ0n) is 13.2. The molecule has 1 aliphatic heterocycles. The van der Waals surface area contributed by atoms with Gasteiger partial charge in [-0.25, -0.2) is 0 Å². The third-order valence-corrected chi connectivity index (χ3v) is 4.56. The molecule has 0 bridgehead atoms. The number of rotatable bonds is 4. The number of fused-ring (bicyclic) bond motifs is 1. The Morgan fingerprint density at radius 1 is 0.957 bits per heavy atom. The van der Waals surface area contributed by atoms with Gasteiger partial charge in [0, 0.05) is 16.2 Å². The SMILES string of the molecule is COc1cc(C2=Nc3ccccc3SC2)cc(OC)c1OC.Cl. The van der Waals surface area contributed by atoms with Crippen molar-refractivity contribution in [3.05, 3.63) is 42.0 Å². The summed E-state index contributed by atoms with van der Waals surface area (Å²) in [5.41, 5.74) is 2.99. The highest BCUT2D eigenvalue weighted by molar-refractivity contribution is 8.00. The Bertz CT molecular complexity index is 709. The molecular weight excluding hydrogens is 334 g/mol. The van der Waals surface area contributed by atoms with Crippen molar-refractivity contribution < 1.29 is 14.2 Å². The monoisotopic (exact) mass is 351 g/mol. The molecule has 2 aromatic carbocycles. The normalized spacial score (nSPS) is 12.6. The highest BCUT2D eigenvalue weighted by Crippen LogP contribution is 2.40. The molecule has 23 heavy (non-hydrogen) atoms. The van der Waals surface area contributed by atoms with Gasteiger partial charge in [-0.3, -0.25) is 4.99 Å². The predicted octanol–water partition coefficient (Wildman–Crippen LogP) is 4.36. The number of hydrogen-bond donors (Lipinski definition) is 0. The largest absolute Gasteiger partial charge is 0.493 e. The Kier molecular flexibility index (Phi) is 5.80. The molecule has 4 nitrogen and oxygen atoms in total. The van der Waals surface area contributed by atoms with Gasteiger partial charge in [-0.15, -0.1) is 24.2 Å². The van der Waals surface area contributed by atoms with Crippen LogP contribution in [0.4, 0.5) is 5.69 Å². The number of nitrogens with zero attached hydrogens (tertiary/aromatic N) is 1. The number of thioether (sulfide) groups is 1. The van der Waals surface area contributed by atoms with Gasteiger partial charge in [0.05, 0.1) is 32.7 Å². The maximum absolute atomic E-state index is 5.41. The van der Waals surface area contributed by atoms with Gasteiger partial charge in [0.15, 0.2) is 11.5 Å². The molecule has 0 amide bonds. The lowest BCUT2D eigenvalue weighted by atomic mass is 10.1. The average Bonchev–Trinajstić information content (AvgIpc) is 2.59. The first kappa shape index (κ1) is 17.5. The van der Waals surface area contributed by atoms with E-state index in [9.17, 15) is 0 Å². The minimum Gasteiger partial charge on any atom is -0.493 e. The van der Waals surface area contributed by atoms with Crippen molar-refractivity contribution in [2.75, 3.05) is 27.1 Å². The number of aliphatic imine (C=N–C) groups is 1. The van der Waals surface area contributed by atoms with Gasteiger partial charge in [0.1, 0.15) is 0 Å². The molecule has 122 valence electrons. The molecule has 6 heteroatoms. The van der Waals surface area contributed by atoms with Gasteiger partial charge in [-0.2, -0.15) is 0 Å². The Morgan fingerprint density at radius 3 is 2.22 bits per heavy atom. The highest BCUT2D eigenvalue weighted by atomic mass is 35.5. The van der Waals surface area contributed by atoms with Crippen molar-refractivity contribution in [3.8, 4) is 17.2 Å². The fraction of sp³-hybridized carbons (Fsp3) is 0.235. The Morgan fingerprint density at radius 2 is 1.61 bits per heavy atom. The number of para-hydroxylation sites is 1. The molecule has 2 aromatic rings. The zero-order chi connectivity index (χ0) is 15.5. The van der Waals surface area contributed by atoms with Crippen LogP contribution in [-0.2, 0) is 0 Å². The summed E-state index contributed by atoms with van der Waals surface area (Å²) >= 11 is 1.78. The summed E-state index contributed by atoms with van der Waals surface area (Å²) in [5, 5.41) is 0. The molecule has 0 radical (unpaired) electrons. The van der Waals surface area contributed by atoms with Crippen LogP contribution in [0, 0.1) is 0 Å². The molecule has 0 unspecified atom stereocenters. The van der Waals surface area contributed by atoms with E-state index in [-0.39, 0.29) is 12.4 Å². The number of benzene rings is 2. The van der Waals surface area contributed by atoms with E-state index in [2.05, 4.69) is 6.07 Å². The van der Waals surface area contributed by atoms with Crippen LogP contribution in [0.3, 0.4) is 0 Å². The highest BCUT2D eigenvalue weighted by Gasteiger charge is 2.19. The molecule has 0 saturated heterocycles. The lowest BCUT2D eigenvalue weighted by Gasteiger charge is -2.18. The van der Waals surface area contributed by atoms with Crippen molar-refractivity contribution in [2.24, 2.45) is 4.99 Å². The summed E-state index contributed by atoms with van der Waals surface area (Å²) in [4.78, 5) is 5.97. The van der Waals surface area contributed by atoms with Crippen molar-refractivity contribution in [3.63, 3.8) is 0 Å². The fourth-order valence-corrected chi connectivity index (χ4v) is 3.35. The van der Waals surface area contributed by atoms with Gasteiger partial charge in [0.25, 0.3) is 0 Å². The lowest BCUT2D eigenvalue weighted by molar-refractivity contribution is 0.324. The minimum atomic E-state index is 0. The summed E-state index contributed by atoms with van der Waals surface area (Å²) in [6.07, 6.45) is 0. The first-order valence-corrected chi connectivity index (χ1v) is 7.85. The molecule has 0 N–H and O–H groups in total. The van der Waals surface area contributed by atoms with E-state index in [0.717, 1.165) is 22.7 Å². The summed E-state index contributed by atoms with van der Waals surface area (Å²) in [5.74, 6) is 2.69. The Balaban J connectivity index is 0.00000192. The van der Waals surface area contributed by atoms with E-state index >= 15 is 0 Å². The van der Waals surface area contributed by atoms with Gasteiger partial charge >= 0.3 is 0 Å². The maximum Gasteiger partial charge on any atom is 0.203 e. The molecule has 1 aliphatic rings. The third kappa shape index (κ3) is 3.41. The summed E-state index contributed by atoms with van der Waals surface area (Å²) in [7, 11) is 4.84. The third-order valence-electron chi connectivity index (χ3n) is 3.48. The first-order valence-electron chi connectivity index (χ1n) is 6.86. The van der Waals surface area contributed by atoms with E-state index in [4.69, 9.17) is 19.2 Å². The quantitative estimate of drug-likeness (QED) is 0.820. The van der Waals surface area contributed by atoms with Crippen LogP contribution in [0.15, 0.2) is 46.3 Å². The van der Waals surface area contributed by atoms with Gasteiger partial charge in [-0.05, 0) is 24.3 Å². The number of hydrogen-bond acceptors (Lipinski definition) is 5. The zero-order valence-corrected chi connectivity index (χ0v) is 14.8. The van der Waals surface area contributed by atoms with Gasteiger partial charge in [0.2, 0.25) is 5.75 Å². The Labute approximate surface area is 146 Å². The van der Waals surface area contributed by atoms with Crippen LogP contribution >= 0.6 is 24.2 Å². The molecule has 0 aromatic heterocycles. The van der Waals surface area contributed by atoms with Crippen LogP contribution in [0.5, 0.6) is 17.2 Å². The molecule has 0 atom stereocenters. The second-order valence-electron chi connectivity index (χ2n) is 4.73. The van der Waals surface area contributed by atoms with Crippen molar-refractivity contribution >= 4 is 35.6 Å². The molecule has 0 aliphatic carbocycles. The maximum atomic E-state index is 5.41. The minimum absolute atomic E-state index is 0. The Hall–Kier alpha value is -1.85. The van der Waals surface area contributed by atoms with Crippen LogP contribution in [-0.4, -0.2) is 32.8 Å². The standard InChI is InChI=1S/C17H17NO3S.ClH/c1-19-14-8-11(9-15(20-2)17(14)21-3)13-10-22-16-7-5-4-6-12(16)18-13;/h4-9H,10H2,1-3H3;1H. The van der Waals surface area contributed by atoms with Crippen molar-refractivity contribution in [1.82, 2.24) is 0 Å². The number of methoxy groups -OCH3 is 3. The summed E-state index contributed by atoms with van der Waals surface area (Å²) in [6.45, 7) is 0. The molecule has 0 saturated carbocycles. The molecule has 0 fully saturated rings. The predicted molar refractivity (Wildman–Crippen MR) is 96.7 cm³/mol. The first-order chi connectivity index (χ1) is 10.8. The van der Waals surface area contributed by atoms with Gasteiger partial charge in [-0.1, -0.05) is 12.1 Å². The van der Waals surface area contributed by atoms with Crippen LogP contribution in [0.1, 0.15) is 5.56 Å². The summed E-state index contributed by atoms with van der Waals surface area (Å²) < 4.78 is 16.2. The average molecular weight is 352 g/mol. The lowest BCUT2D eigenvalue weighted by Crippen LogP contribution is -2.08. The van der Waals surface area contributed by atoms with Crippen LogP contribution < -0.4 is 14.2 Å². The van der Waals surface area contributed by atoms with Crippen LogP contribution in [0.25, 0.3) is 0 Å². The van der Waals surface area contributed by atoms with E-state index in [1.165, 1.54) is 4.90 Å². The van der Waals surface area contributed by atoms with Crippen LogP contribution in [0.2, 0.25) is 0 Å². The fourth-order valence-electron chi connectivity index (χ4n) is 2.39. The second kappa shape index (κ2) is 7.62. The van der Waals surface area contributed by atoms with Crippen molar-refractivity contribution in [1.29, 1.82) is 0 Å². The topological polar surface area (TPSA) is 40.0 Å². The molecule has 1 heterocycles. The van der Waals surface area contributed by atoms with Crippen molar-refractivity contribution in [2.45, 2.75) is 4.90 Å². The summed E-state index contributed by atoms with van der Waals surface area (Å²) in [6, 6.07) is 12.0. The van der Waals surface area contributed by atoms with Gasteiger partial charge < -0.3 is 14.2 Å². The molecular formula is C17H18ClNO3S. The number of ether oxygens (including phenoxy) is 3. The smallest absolute Gasteiger partial charge is 0.203 e. The van der Waals surface area contributed by atoms with E-state index in [0.29, 0.717) is 17.2 Å².